The lowest BCUT2D eigenvalue weighted by Crippen LogP contribution is -2.51. The molecule has 0 aromatic heterocycles. The van der Waals surface area contributed by atoms with Gasteiger partial charge in [0.05, 0.1) is 20.6 Å². The third kappa shape index (κ3) is 9.29. The summed E-state index contributed by atoms with van der Waals surface area (Å²) < 4.78 is 10.5. The van der Waals surface area contributed by atoms with Gasteiger partial charge in [0, 0.05) is 6.42 Å². The molecule has 0 heterocycles. The maximum atomic E-state index is 13.0. The Morgan fingerprint density at radius 3 is 2.31 bits per heavy atom. The first-order valence-corrected chi connectivity index (χ1v) is 11.4. The van der Waals surface area contributed by atoms with Gasteiger partial charge in [-0.25, -0.2) is 4.99 Å². The highest BCUT2D eigenvalue weighted by atomic mass is 16.5. The number of aliphatic imine (C=N–C) groups is 1. The maximum Gasteiger partial charge on any atom is 0.247 e. The standard InChI is InChI=1S/C26H36N4O5/c1-17(2)16-26(3,33)30-24(32)20(13-18-9-7-6-8-10-18)28-25(27)29-23(31)15-19-11-12-21(34-4)22(14-19)35-5/h6-12,14,17,20,33H,13,15-16H2,1-5H3,(H,30,32)(H3,27,28,29,31)/t20-,26+/m1/s1. The molecule has 0 unspecified atom stereocenters. The van der Waals surface area contributed by atoms with Gasteiger partial charge in [-0.05, 0) is 42.5 Å². The van der Waals surface area contributed by atoms with Crippen molar-refractivity contribution in [1.82, 2.24) is 10.6 Å². The molecule has 2 amide bonds. The number of hydrogen-bond donors (Lipinski definition) is 4. The highest BCUT2D eigenvalue weighted by molar-refractivity contribution is 5.98. The fourth-order valence-electron chi connectivity index (χ4n) is 3.79. The third-order valence-electron chi connectivity index (χ3n) is 5.15. The molecule has 9 heteroatoms. The van der Waals surface area contributed by atoms with E-state index in [1.807, 2.05) is 44.2 Å². The Morgan fingerprint density at radius 2 is 1.71 bits per heavy atom. The summed E-state index contributed by atoms with van der Waals surface area (Å²) in [5.41, 5.74) is 6.15. The molecular weight excluding hydrogens is 448 g/mol. The molecule has 0 aliphatic heterocycles. The molecule has 0 saturated heterocycles. The molecule has 0 spiro atoms. The molecule has 0 aliphatic carbocycles. The first-order valence-electron chi connectivity index (χ1n) is 11.4. The van der Waals surface area contributed by atoms with Crippen molar-refractivity contribution in [2.45, 2.75) is 51.8 Å². The number of aliphatic hydroxyl groups is 1. The average molecular weight is 485 g/mol. The minimum Gasteiger partial charge on any atom is -0.493 e. The van der Waals surface area contributed by atoms with Crippen LogP contribution in [-0.2, 0) is 22.4 Å². The van der Waals surface area contributed by atoms with E-state index in [1.165, 1.54) is 14.2 Å². The number of rotatable bonds is 11. The Morgan fingerprint density at radius 1 is 1.06 bits per heavy atom. The van der Waals surface area contributed by atoms with Crippen LogP contribution < -0.4 is 25.8 Å². The molecule has 5 N–H and O–H groups in total. The van der Waals surface area contributed by atoms with Gasteiger partial charge in [-0.15, -0.1) is 0 Å². The lowest BCUT2D eigenvalue weighted by atomic mass is 10.0. The van der Waals surface area contributed by atoms with Gasteiger partial charge >= 0.3 is 0 Å². The highest BCUT2D eigenvalue weighted by Crippen LogP contribution is 2.27. The van der Waals surface area contributed by atoms with Crippen molar-refractivity contribution >= 4 is 17.8 Å². The number of guanidine groups is 1. The zero-order valence-corrected chi connectivity index (χ0v) is 21.0. The van der Waals surface area contributed by atoms with E-state index in [9.17, 15) is 14.7 Å². The van der Waals surface area contributed by atoms with Gasteiger partial charge in [-0.1, -0.05) is 50.2 Å². The molecule has 0 bridgehead atoms. The van der Waals surface area contributed by atoms with Crippen molar-refractivity contribution < 1.29 is 24.2 Å². The van der Waals surface area contributed by atoms with Crippen LogP contribution in [0.4, 0.5) is 0 Å². The second kappa shape index (κ2) is 12.8. The summed E-state index contributed by atoms with van der Waals surface area (Å²) in [6, 6.07) is 13.5. The van der Waals surface area contributed by atoms with Crippen molar-refractivity contribution in [2.24, 2.45) is 16.6 Å². The van der Waals surface area contributed by atoms with Gasteiger partial charge in [-0.2, -0.15) is 0 Å². The fourth-order valence-corrected chi connectivity index (χ4v) is 3.79. The first kappa shape index (κ1) is 27.7. The lowest BCUT2D eigenvalue weighted by molar-refractivity contribution is -0.130. The summed E-state index contributed by atoms with van der Waals surface area (Å²) in [5, 5.41) is 15.8. The molecule has 2 aromatic carbocycles. The Hall–Kier alpha value is -3.59. The molecule has 190 valence electrons. The van der Waals surface area contributed by atoms with Crippen molar-refractivity contribution in [3.63, 3.8) is 0 Å². The number of amides is 2. The van der Waals surface area contributed by atoms with E-state index in [0.29, 0.717) is 23.5 Å². The zero-order chi connectivity index (χ0) is 26.0. The molecule has 0 fully saturated rings. The van der Waals surface area contributed by atoms with Crippen LogP contribution in [-0.4, -0.2) is 48.9 Å². The van der Waals surface area contributed by atoms with Gasteiger partial charge in [-0.3, -0.25) is 14.9 Å². The highest BCUT2D eigenvalue weighted by Gasteiger charge is 2.28. The van der Waals surface area contributed by atoms with Gasteiger partial charge in [0.1, 0.15) is 11.8 Å². The minimum absolute atomic E-state index is 0.0230. The van der Waals surface area contributed by atoms with E-state index in [4.69, 9.17) is 15.2 Å². The molecule has 35 heavy (non-hydrogen) atoms. The van der Waals surface area contributed by atoms with Crippen LogP contribution in [0.3, 0.4) is 0 Å². The predicted octanol–water partition coefficient (Wildman–Crippen LogP) is 2.16. The number of benzene rings is 2. The van der Waals surface area contributed by atoms with Crippen molar-refractivity contribution in [2.75, 3.05) is 14.2 Å². The topological polar surface area (TPSA) is 135 Å². The number of hydrogen-bond acceptors (Lipinski definition) is 6. The molecular formula is C26H36N4O5. The van der Waals surface area contributed by atoms with Crippen LogP contribution >= 0.6 is 0 Å². The molecule has 0 saturated carbocycles. The Kier molecular flexibility index (Phi) is 10.1. The first-order chi connectivity index (χ1) is 16.5. The quantitative estimate of drug-likeness (QED) is 0.219. The SMILES string of the molecule is COc1ccc(CC(=O)NC(N)=N[C@H](Cc2ccccc2)C(=O)N[C@@](C)(O)CC(C)C)cc1OC. The monoisotopic (exact) mass is 484 g/mol. The van der Waals surface area contributed by atoms with Crippen LogP contribution in [0.5, 0.6) is 11.5 Å². The summed E-state index contributed by atoms with van der Waals surface area (Å²) >= 11 is 0. The van der Waals surface area contributed by atoms with Gasteiger partial charge in [0.15, 0.2) is 17.5 Å². The van der Waals surface area contributed by atoms with Crippen LogP contribution in [0.15, 0.2) is 53.5 Å². The largest absolute Gasteiger partial charge is 0.493 e. The lowest BCUT2D eigenvalue weighted by Gasteiger charge is -2.28. The third-order valence-corrected chi connectivity index (χ3v) is 5.15. The minimum atomic E-state index is -1.40. The van der Waals surface area contributed by atoms with E-state index in [1.54, 1.807) is 25.1 Å². The number of nitrogens with two attached hydrogens (primary N) is 1. The van der Waals surface area contributed by atoms with Gasteiger partial charge in [0.25, 0.3) is 0 Å². The Balaban J connectivity index is 2.15. The summed E-state index contributed by atoms with van der Waals surface area (Å²) in [5.74, 6) is 0.159. The smallest absolute Gasteiger partial charge is 0.247 e. The number of methoxy groups -OCH3 is 2. The molecule has 2 rings (SSSR count). The number of ether oxygens (including phenoxy) is 2. The number of carbonyl (C=O) groups is 2. The maximum absolute atomic E-state index is 13.0. The Labute approximate surface area is 206 Å². The van der Waals surface area contributed by atoms with Crippen LogP contribution in [0.1, 0.15) is 38.3 Å². The van der Waals surface area contributed by atoms with E-state index in [2.05, 4.69) is 15.6 Å². The number of nitrogens with one attached hydrogen (secondary N) is 2. The van der Waals surface area contributed by atoms with E-state index in [0.717, 1.165) is 5.56 Å². The molecule has 2 atom stereocenters. The van der Waals surface area contributed by atoms with Crippen LogP contribution in [0.2, 0.25) is 0 Å². The average Bonchev–Trinajstić information content (AvgIpc) is 2.77. The van der Waals surface area contributed by atoms with E-state index >= 15 is 0 Å². The molecule has 0 radical (unpaired) electrons. The van der Waals surface area contributed by atoms with Crippen molar-refractivity contribution in [1.29, 1.82) is 0 Å². The number of carbonyl (C=O) groups excluding carboxylic acids is 2. The second-order valence-corrected chi connectivity index (χ2v) is 9.00. The van der Waals surface area contributed by atoms with Gasteiger partial charge < -0.3 is 25.6 Å². The molecule has 9 nitrogen and oxygen atoms in total. The second-order valence-electron chi connectivity index (χ2n) is 9.00. The number of nitrogens with zero attached hydrogens (tertiary/aromatic N) is 1. The fraction of sp³-hybridized carbons (Fsp3) is 0.423. The Bertz CT molecular complexity index is 1020. The van der Waals surface area contributed by atoms with Gasteiger partial charge in [0.2, 0.25) is 11.8 Å². The molecule has 2 aromatic rings. The normalized spacial score (nSPS) is 14.1. The van der Waals surface area contributed by atoms with Crippen LogP contribution in [0.25, 0.3) is 0 Å². The summed E-state index contributed by atoms with van der Waals surface area (Å²) in [6.07, 6.45) is 0.643. The van der Waals surface area contributed by atoms with Crippen molar-refractivity contribution in [3.8, 4) is 11.5 Å². The van der Waals surface area contributed by atoms with E-state index in [-0.39, 0.29) is 24.7 Å². The predicted molar refractivity (Wildman–Crippen MR) is 135 cm³/mol. The zero-order valence-electron chi connectivity index (χ0n) is 21.0. The summed E-state index contributed by atoms with van der Waals surface area (Å²) in [4.78, 5) is 29.8. The van der Waals surface area contributed by atoms with Crippen molar-refractivity contribution in [3.05, 3.63) is 59.7 Å². The van der Waals surface area contributed by atoms with Crippen LogP contribution in [0, 0.1) is 5.92 Å². The summed E-state index contributed by atoms with van der Waals surface area (Å²) in [6.45, 7) is 5.45. The van der Waals surface area contributed by atoms with E-state index < -0.39 is 23.6 Å². The molecule has 0 aliphatic rings. The summed E-state index contributed by atoms with van der Waals surface area (Å²) in [7, 11) is 3.05.